The van der Waals surface area contributed by atoms with Crippen LogP contribution < -0.4 is 16.0 Å². The van der Waals surface area contributed by atoms with Crippen LogP contribution in [-0.2, 0) is 9.53 Å². The van der Waals surface area contributed by atoms with Crippen LogP contribution in [0, 0.1) is 0 Å². The molecule has 0 fully saturated rings. The number of methoxy groups -OCH3 is 1. The van der Waals surface area contributed by atoms with E-state index in [4.69, 9.17) is 39.5 Å². The quantitative estimate of drug-likeness (QED) is 0.394. The molecule has 0 saturated heterocycles. The fourth-order valence-corrected chi connectivity index (χ4v) is 2.85. The monoisotopic (exact) mass is 443 g/mol. The highest BCUT2D eigenvalue weighted by atomic mass is 35.5. The van der Waals surface area contributed by atoms with Crippen LogP contribution in [0.4, 0.5) is 11.4 Å². The summed E-state index contributed by atoms with van der Waals surface area (Å²) in [6, 6.07) is 9.77. The van der Waals surface area contributed by atoms with Gasteiger partial charge in [-0.05, 0) is 42.8 Å². The van der Waals surface area contributed by atoms with E-state index in [9.17, 15) is 9.59 Å². The highest BCUT2D eigenvalue weighted by Crippen LogP contribution is 2.32. The van der Waals surface area contributed by atoms with Gasteiger partial charge in [0.05, 0.1) is 27.3 Å². The molecule has 0 spiro atoms. The van der Waals surface area contributed by atoms with E-state index < -0.39 is 0 Å². The van der Waals surface area contributed by atoms with Gasteiger partial charge in [0.25, 0.3) is 5.91 Å². The SMILES string of the molecule is COCCCNC(=O)c1ccc(NCC(=O)Nc2cc(Cl)c(Cl)cc2Cl)cc1. The molecule has 0 aliphatic heterocycles. The molecule has 2 aromatic rings. The van der Waals surface area contributed by atoms with Crippen LogP contribution in [0.1, 0.15) is 16.8 Å². The van der Waals surface area contributed by atoms with Crippen molar-refractivity contribution in [2.45, 2.75) is 6.42 Å². The van der Waals surface area contributed by atoms with Crippen molar-refractivity contribution in [1.82, 2.24) is 5.32 Å². The first kappa shape index (κ1) is 22.3. The number of amides is 2. The van der Waals surface area contributed by atoms with E-state index in [0.717, 1.165) is 6.42 Å². The number of carbonyl (C=O) groups excluding carboxylic acids is 2. The number of nitrogens with one attached hydrogen (secondary N) is 3. The third-order valence-corrected chi connectivity index (χ3v) is 4.73. The number of benzene rings is 2. The van der Waals surface area contributed by atoms with Gasteiger partial charge in [-0.15, -0.1) is 0 Å². The lowest BCUT2D eigenvalue weighted by Gasteiger charge is -2.11. The van der Waals surface area contributed by atoms with Crippen molar-refractivity contribution in [3.63, 3.8) is 0 Å². The number of carbonyl (C=O) groups is 2. The van der Waals surface area contributed by atoms with Crippen LogP contribution in [-0.4, -0.2) is 38.6 Å². The summed E-state index contributed by atoms with van der Waals surface area (Å²) in [5, 5.41) is 9.35. The summed E-state index contributed by atoms with van der Waals surface area (Å²) in [5.41, 5.74) is 1.62. The molecule has 3 N–H and O–H groups in total. The Labute approximate surface area is 178 Å². The van der Waals surface area contributed by atoms with Gasteiger partial charge in [0, 0.05) is 31.5 Å². The third-order valence-electron chi connectivity index (χ3n) is 3.70. The molecule has 0 aliphatic carbocycles. The minimum absolute atomic E-state index is 0.0130. The molecule has 2 aromatic carbocycles. The fraction of sp³-hybridized carbons (Fsp3) is 0.263. The zero-order valence-corrected chi connectivity index (χ0v) is 17.4. The van der Waals surface area contributed by atoms with Gasteiger partial charge in [0.2, 0.25) is 5.91 Å². The Morgan fingerprint density at radius 1 is 1.00 bits per heavy atom. The van der Waals surface area contributed by atoms with Gasteiger partial charge in [0.15, 0.2) is 0 Å². The molecule has 0 bridgehead atoms. The zero-order valence-electron chi connectivity index (χ0n) is 15.2. The Morgan fingerprint density at radius 3 is 2.36 bits per heavy atom. The van der Waals surface area contributed by atoms with E-state index in [-0.39, 0.29) is 18.4 Å². The van der Waals surface area contributed by atoms with Gasteiger partial charge < -0.3 is 20.7 Å². The zero-order chi connectivity index (χ0) is 20.5. The van der Waals surface area contributed by atoms with E-state index in [1.807, 2.05) is 0 Å². The molecular formula is C19H20Cl3N3O3. The Kier molecular flexibility index (Phi) is 8.86. The van der Waals surface area contributed by atoms with Gasteiger partial charge in [-0.1, -0.05) is 34.8 Å². The van der Waals surface area contributed by atoms with Crippen molar-refractivity contribution >= 4 is 58.0 Å². The molecule has 0 radical (unpaired) electrons. The highest BCUT2D eigenvalue weighted by Gasteiger charge is 2.10. The lowest BCUT2D eigenvalue weighted by atomic mass is 10.2. The van der Waals surface area contributed by atoms with Crippen molar-refractivity contribution < 1.29 is 14.3 Å². The standard InChI is InChI=1S/C19H20Cl3N3O3/c1-28-8-2-7-23-19(27)12-3-5-13(6-4-12)24-11-18(26)25-17-10-15(21)14(20)9-16(17)22/h3-6,9-10,24H,2,7-8,11H2,1H3,(H,23,27)(H,25,26). The number of anilines is 2. The van der Waals surface area contributed by atoms with Crippen LogP contribution in [0.15, 0.2) is 36.4 Å². The predicted octanol–water partition coefficient (Wildman–Crippen LogP) is 4.46. The molecule has 0 aliphatic rings. The summed E-state index contributed by atoms with van der Waals surface area (Å²) < 4.78 is 4.93. The van der Waals surface area contributed by atoms with Crippen molar-refractivity contribution in [2.24, 2.45) is 0 Å². The number of hydrogen-bond donors (Lipinski definition) is 3. The highest BCUT2D eigenvalue weighted by molar-refractivity contribution is 6.44. The van der Waals surface area contributed by atoms with Gasteiger partial charge in [0.1, 0.15) is 0 Å². The molecule has 2 rings (SSSR count). The van der Waals surface area contributed by atoms with Gasteiger partial charge in [-0.25, -0.2) is 0 Å². The lowest BCUT2D eigenvalue weighted by molar-refractivity contribution is -0.114. The molecule has 9 heteroatoms. The molecule has 28 heavy (non-hydrogen) atoms. The van der Waals surface area contributed by atoms with Crippen LogP contribution >= 0.6 is 34.8 Å². The summed E-state index contributed by atoms with van der Waals surface area (Å²) in [7, 11) is 1.62. The number of ether oxygens (including phenoxy) is 1. The molecule has 6 nitrogen and oxygen atoms in total. The van der Waals surface area contributed by atoms with Crippen molar-refractivity contribution in [2.75, 3.05) is 37.4 Å². The molecule has 0 saturated carbocycles. The van der Waals surface area contributed by atoms with Crippen molar-refractivity contribution in [3.05, 3.63) is 57.0 Å². The second-order valence-electron chi connectivity index (χ2n) is 5.83. The van der Waals surface area contributed by atoms with Crippen LogP contribution in [0.2, 0.25) is 15.1 Å². The molecule has 0 aromatic heterocycles. The van der Waals surface area contributed by atoms with E-state index in [2.05, 4.69) is 16.0 Å². The maximum absolute atomic E-state index is 12.1. The van der Waals surface area contributed by atoms with Gasteiger partial charge in [-0.2, -0.15) is 0 Å². The lowest BCUT2D eigenvalue weighted by Crippen LogP contribution is -2.25. The Balaban J connectivity index is 1.83. The van der Waals surface area contributed by atoms with E-state index in [1.54, 1.807) is 31.4 Å². The second-order valence-corrected chi connectivity index (χ2v) is 7.05. The van der Waals surface area contributed by atoms with Gasteiger partial charge >= 0.3 is 0 Å². The molecule has 0 heterocycles. The first-order valence-corrected chi connectivity index (χ1v) is 9.59. The summed E-state index contributed by atoms with van der Waals surface area (Å²) in [4.78, 5) is 24.1. The summed E-state index contributed by atoms with van der Waals surface area (Å²) >= 11 is 17.8. The topological polar surface area (TPSA) is 79.5 Å². The maximum atomic E-state index is 12.1. The Hall–Kier alpha value is -1.99. The number of hydrogen-bond acceptors (Lipinski definition) is 4. The summed E-state index contributed by atoms with van der Waals surface area (Å²) in [6.07, 6.45) is 0.750. The summed E-state index contributed by atoms with van der Waals surface area (Å²) in [6.45, 7) is 1.15. The first-order valence-electron chi connectivity index (χ1n) is 8.46. The molecular weight excluding hydrogens is 425 g/mol. The fourth-order valence-electron chi connectivity index (χ4n) is 2.26. The number of halogens is 3. The maximum Gasteiger partial charge on any atom is 0.251 e. The third kappa shape index (κ3) is 6.87. The van der Waals surface area contributed by atoms with Crippen molar-refractivity contribution in [1.29, 1.82) is 0 Å². The minimum atomic E-state index is -0.305. The number of rotatable bonds is 9. The van der Waals surface area contributed by atoms with Gasteiger partial charge in [-0.3, -0.25) is 9.59 Å². The molecule has 0 unspecified atom stereocenters. The Morgan fingerprint density at radius 2 is 1.68 bits per heavy atom. The normalized spacial score (nSPS) is 10.4. The molecule has 2 amide bonds. The average molecular weight is 445 g/mol. The van der Waals surface area contributed by atoms with Crippen LogP contribution in [0.3, 0.4) is 0 Å². The Bertz CT molecular complexity index is 829. The van der Waals surface area contributed by atoms with Crippen LogP contribution in [0.5, 0.6) is 0 Å². The first-order chi connectivity index (χ1) is 13.4. The predicted molar refractivity (Wildman–Crippen MR) is 114 cm³/mol. The molecule has 150 valence electrons. The van der Waals surface area contributed by atoms with Crippen LogP contribution in [0.25, 0.3) is 0 Å². The molecule has 0 atom stereocenters. The second kappa shape index (κ2) is 11.1. The van der Waals surface area contributed by atoms with E-state index >= 15 is 0 Å². The van der Waals surface area contributed by atoms with E-state index in [1.165, 1.54) is 12.1 Å². The van der Waals surface area contributed by atoms with E-state index in [0.29, 0.717) is 45.2 Å². The summed E-state index contributed by atoms with van der Waals surface area (Å²) in [5.74, 6) is -0.463. The average Bonchev–Trinajstić information content (AvgIpc) is 2.68. The van der Waals surface area contributed by atoms with Crippen molar-refractivity contribution in [3.8, 4) is 0 Å². The smallest absolute Gasteiger partial charge is 0.251 e. The largest absolute Gasteiger partial charge is 0.385 e. The minimum Gasteiger partial charge on any atom is -0.385 e.